The largest absolute Gasteiger partial charge is 0.469 e. The zero-order valence-corrected chi connectivity index (χ0v) is 24.4. The van der Waals surface area contributed by atoms with Gasteiger partial charge in [0.05, 0.1) is 19.1 Å². The highest BCUT2D eigenvalue weighted by Gasteiger charge is 2.61. The van der Waals surface area contributed by atoms with Gasteiger partial charge in [0.1, 0.15) is 0 Å². The summed E-state index contributed by atoms with van der Waals surface area (Å²) in [5.41, 5.74) is 3.63. The molecule has 4 aliphatic rings. The molecule has 2 unspecified atom stereocenters. The molecule has 3 saturated carbocycles. The van der Waals surface area contributed by atoms with E-state index in [9.17, 15) is 4.79 Å². The Morgan fingerprint density at radius 3 is 2.18 bits per heavy atom. The molecule has 34 heavy (non-hydrogen) atoms. The van der Waals surface area contributed by atoms with E-state index in [-0.39, 0.29) is 22.7 Å². The fraction of sp³-hybridized carbons (Fsp3) is 0.931. The summed E-state index contributed by atoms with van der Waals surface area (Å²) >= 11 is 0. The summed E-state index contributed by atoms with van der Waals surface area (Å²) in [5.74, 6) is 2.02. The molecule has 194 valence electrons. The fourth-order valence-electron chi connectivity index (χ4n) is 9.68. The molecule has 0 spiro atoms. The molecule has 4 rings (SSSR count). The van der Waals surface area contributed by atoms with E-state index in [1.807, 2.05) is 0 Å². The lowest BCUT2D eigenvalue weighted by Gasteiger charge is -2.57. The summed E-state index contributed by atoms with van der Waals surface area (Å²) in [6, 6.07) is 0. The number of aliphatic imine (C=N–C) groups is 1. The molecule has 0 saturated heterocycles. The molecule has 0 aromatic heterocycles. The Labute approximate surface area is 210 Å². The number of carbonyl (C=O) groups is 1. The van der Waals surface area contributed by atoms with Crippen molar-refractivity contribution in [3.63, 3.8) is 0 Å². The number of fused-ring (bicyclic) bond motifs is 5. The first-order valence-electron chi connectivity index (χ1n) is 14.2. The maximum atomic E-state index is 12.6. The Bertz CT molecular complexity index is 785. The van der Waals surface area contributed by atoms with E-state index in [2.05, 4.69) is 55.4 Å². The van der Waals surface area contributed by atoms with Gasteiger partial charge in [-0.3, -0.25) is 9.79 Å². The Morgan fingerprint density at radius 1 is 0.941 bits per heavy atom. The number of hydrogen-bond acceptors (Lipinski definition) is 4. The number of rotatable bonds is 6. The van der Waals surface area contributed by atoms with Gasteiger partial charge in [-0.2, -0.15) is 0 Å². The van der Waals surface area contributed by atoms with Gasteiger partial charge in [0.2, 0.25) is 8.32 Å². The van der Waals surface area contributed by atoms with E-state index < -0.39 is 8.32 Å². The van der Waals surface area contributed by atoms with Crippen molar-refractivity contribution in [2.24, 2.45) is 39.5 Å². The van der Waals surface area contributed by atoms with Crippen LogP contribution in [-0.2, 0) is 14.0 Å². The third-order valence-corrected chi connectivity index (χ3v) is 17.5. The summed E-state index contributed by atoms with van der Waals surface area (Å²) in [6.07, 6.45) is 8.30. The molecule has 7 atom stereocenters. The number of nitrogens with zero attached hydrogens (tertiary/aromatic N) is 1. The van der Waals surface area contributed by atoms with Crippen LogP contribution < -0.4 is 0 Å². The van der Waals surface area contributed by atoms with Crippen LogP contribution in [0.5, 0.6) is 0 Å². The second-order valence-corrected chi connectivity index (χ2v) is 19.0. The third kappa shape index (κ3) is 3.86. The van der Waals surface area contributed by atoms with Gasteiger partial charge in [0.15, 0.2) is 0 Å². The molecule has 0 aromatic rings. The molecule has 1 aliphatic heterocycles. The number of esters is 1. The molecular weight excluding hydrogens is 438 g/mol. The van der Waals surface area contributed by atoms with Crippen LogP contribution in [0.15, 0.2) is 4.99 Å². The minimum atomic E-state index is -1.88. The highest BCUT2D eigenvalue weighted by Crippen LogP contribution is 2.64. The first-order chi connectivity index (χ1) is 15.9. The first kappa shape index (κ1) is 26.4. The first-order valence-corrected chi connectivity index (χ1v) is 16.3. The van der Waals surface area contributed by atoms with Crippen molar-refractivity contribution in [3.05, 3.63) is 0 Å². The third-order valence-electron chi connectivity index (χ3n) is 11.4. The molecular formula is C29H51NO3Si. The lowest BCUT2D eigenvalue weighted by molar-refractivity contribution is -0.152. The molecule has 0 radical (unpaired) electrons. The molecule has 0 amide bonds. The molecule has 3 fully saturated rings. The van der Waals surface area contributed by atoms with Crippen LogP contribution in [0.1, 0.15) is 100 Å². The Hall–Kier alpha value is -0.683. The lowest BCUT2D eigenvalue weighted by atomic mass is 9.49. The summed E-state index contributed by atoms with van der Waals surface area (Å²) in [4.78, 5) is 17.9. The van der Waals surface area contributed by atoms with Crippen molar-refractivity contribution in [3.8, 4) is 0 Å². The minimum Gasteiger partial charge on any atom is -0.469 e. The lowest BCUT2D eigenvalue weighted by Crippen LogP contribution is -2.57. The van der Waals surface area contributed by atoms with E-state index in [0.29, 0.717) is 40.5 Å². The van der Waals surface area contributed by atoms with Crippen LogP contribution in [0, 0.1) is 34.5 Å². The Balaban J connectivity index is 1.54. The van der Waals surface area contributed by atoms with Crippen molar-refractivity contribution in [1.29, 1.82) is 0 Å². The zero-order valence-electron chi connectivity index (χ0n) is 23.4. The monoisotopic (exact) mass is 489 g/mol. The average Bonchev–Trinajstić information content (AvgIpc) is 3.13. The number of methoxy groups -OCH3 is 1. The van der Waals surface area contributed by atoms with E-state index in [1.54, 1.807) is 7.11 Å². The summed E-state index contributed by atoms with van der Waals surface area (Å²) in [6.45, 7) is 20.2. The van der Waals surface area contributed by atoms with Crippen molar-refractivity contribution in [1.82, 2.24) is 0 Å². The quantitative estimate of drug-likeness (QED) is 0.288. The van der Waals surface area contributed by atoms with E-state index in [1.165, 1.54) is 25.0 Å². The van der Waals surface area contributed by atoms with Gasteiger partial charge in [-0.15, -0.1) is 0 Å². The second kappa shape index (κ2) is 9.32. The molecule has 5 heteroatoms. The van der Waals surface area contributed by atoms with Gasteiger partial charge in [0.25, 0.3) is 0 Å². The minimum absolute atomic E-state index is 0.0143. The Kier molecular flexibility index (Phi) is 7.23. The molecule has 3 aliphatic carbocycles. The van der Waals surface area contributed by atoms with Gasteiger partial charge in [-0.1, -0.05) is 55.4 Å². The highest BCUT2D eigenvalue weighted by atomic mass is 28.4. The van der Waals surface area contributed by atoms with Gasteiger partial charge < -0.3 is 9.16 Å². The van der Waals surface area contributed by atoms with E-state index >= 15 is 0 Å². The predicted octanol–water partition coefficient (Wildman–Crippen LogP) is 7.42. The molecule has 0 bridgehead atoms. The number of carbonyl (C=O) groups excluding carboxylic acids is 1. The van der Waals surface area contributed by atoms with Crippen LogP contribution in [0.3, 0.4) is 0 Å². The maximum absolute atomic E-state index is 12.6. The smallest absolute Gasteiger partial charge is 0.309 e. The van der Waals surface area contributed by atoms with Crippen LogP contribution in [-0.4, -0.2) is 39.8 Å². The molecule has 1 heterocycles. The van der Waals surface area contributed by atoms with Gasteiger partial charge >= 0.3 is 5.97 Å². The SMILES string of the molecule is COC(=O)C1CC[C@H]2[C@@H]3CN=C4CC(O[Si](C(C)C)(C(C)C)C(C)C)CC[C@]4(C)[C@@H]3CC[C@]12C. The standard InChI is InChI=1S/C29H51NO3Si/c1-18(2)34(19(3)4,20(5)6)33-21-12-14-29(8)24-13-15-28(7)23(10-11-25(28)27(31)32-9)22(24)17-30-26(29)16-21/h18-25H,10-17H2,1-9H3/t21?,22-,23-,24+,25?,28-,29+/m0/s1. The predicted molar refractivity (Wildman–Crippen MR) is 143 cm³/mol. The van der Waals surface area contributed by atoms with E-state index in [0.717, 1.165) is 32.2 Å². The molecule has 4 nitrogen and oxygen atoms in total. The highest BCUT2D eigenvalue weighted by molar-refractivity contribution is 6.77. The molecule has 0 aromatic carbocycles. The summed E-state index contributed by atoms with van der Waals surface area (Å²) in [7, 11) is -0.325. The van der Waals surface area contributed by atoms with Crippen molar-refractivity contribution in [2.75, 3.05) is 13.7 Å². The van der Waals surface area contributed by atoms with Crippen LogP contribution in [0.4, 0.5) is 0 Å². The number of hydrogen-bond donors (Lipinski definition) is 0. The van der Waals surface area contributed by atoms with Crippen LogP contribution in [0.25, 0.3) is 0 Å². The summed E-state index contributed by atoms with van der Waals surface area (Å²) < 4.78 is 12.5. The van der Waals surface area contributed by atoms with Crippen molar-refractivity contribution in [2.45, 2.75) is 123 Å². The van der Waals surface area contributed by atoms with Crippen LogP contribution >= 0.6 is 0 Å². The van der Waals surface area contributed by atoms with Crippen molar-refractivity contribution < 1.29 is 14.0 Å². The Morgan fingerprint density at radius 2 is 1.59 bits per heavy atom. The zero-order chi connectivity index (χ0) is 25.1. The maximum Gasteiger partial charge on any atom is 0.309 e. The van der Waals surface area contributed by atoms with Gasteiger partial charge in [-0.05, 0) is 78.3 Å². The van der Waals surface area contributed by atoms with Crippen molar-refractivity contribution >= 4 is 20.0 Å². The number of ether oxygens (including phenoxy) is 1. The topological polar surface area (TPSA) is 47.9 Å². The summed E-state index contributed by atoms with van der Waals surface area (Å²) in [5, 5.41) is 0. The van der Waals surface area contributed by atoms with E-state index in [4.69, 9.17) is 14.2 Å². The van der Waals surface area contributed by atoms with Crippen LogP contribution in [0.2, 0.25) is 16.6 Å². The van der Waals surface area contributed by atoms with Gasteiger partial charge in [-0.25, -0.2) is 0 Å². The second-order valence-electron chi connectivity index (χ2n) is 13.6. The van der Waals surface area contributed by atoms with Gasteiger partial charge in [0, 0.05) is 24.1 Å². The normalized spacial score (nSPS) is 40.1. The molecule has 0 N–H and O–H groups in total. The average molecular weight is 490 g/mol. The fourth-order valence-corrected chi connectivity index (χ4v) is 15.3.